The van der Waals surface area contributed by atoms with Crippen LogP contribution < -0.4 is 0 Å². The molecule has 1 fully saturated rings. The lowest BCUT2D eigenvalue weighted by Crippen LogP contribution is -2.60. The van der Waals surface area contributed by atoms with Crippen molar-refractivity contribution >= 4 is 5.97 Å². The van der Waals surface area contributed by atoms with E-state index in [1.807, 2.05) is 0 Å². The van der Waals surface area contributed by atoms with Crippen LogP contribution in [0.25, 0.3) is 0 Å². The number of carbonyl (C=O) groups is 1. The summed E-state index contributed by atoms with van der Waals surface area (Å²) in [7, 11) is 0. The van der Waals surface area contributed by atoms with Crippen LogP contribution in [0.1, 0.15) is 0 Å². The summed E-state index contributed by atoms with van der Waals surface area (Å²) in [6.07, 6.45) is -8.55. The maximum Gasteiger partial charge on any atom is 0.400 e. The predicted molar refractivity (Wildman–Crippen MR) is 49.2 cm³/mol. The Morgan fingerprint density at radius 2 is 1.67 bits per heavy atom. The fraction of sp³-hybridized carbons (Fsp3) is 0.875. The number of rotatable bonds is 3. The van der Waals surface area contributed by atoms with E-state index in [4.69, 9.17) is 25.2 Å². The first-order chi connectivity index (χ1) is 8.18. The topological polar surface area (TPSA) is 177 Å². The van der Waals surface area contributed by atoms with Crippen LogP contribution in [-0.2, 0) is 14.3 Å². The van der Waals surface area contributed by atoms with Gasteiger partial charge in [-0.1, -0.05) is 0 Å². The van der Waals surface area contributed by atoms with Crippen LogP contribution in [0.5, 0.6) is 0 Å². The highest BCUT2D eigenvalue weighted by atomic mass is 16.8. The second kappa shape index (κ2) is 5.42. The van der Waals surface area contributed by atoms with Gasteiger partial charge in [0.1, 0.15) is 24.4 Å². The van der Waals surface area contributed by atoms with Crippen molar-refractivity contribution in [2.45, 2.75) is 36.7 Å². The number of hydrogen-bond acceptors (Lipinski definition) is 10. The minimum absolute atomic E-state index is 0.748. The van der Waals surface area contributed by atoms with Crippen molar-refractivity contribution in [3.63, 3.8) is 0 Å². The van der Waals surface area contributed by atoms with E-state index < -0.39 is 49.3 Å². The zero-order valence-electron chi connectivity index (χ0n) is 8.95. The molecule has 0 aromatic rings. The van der Waals surface area contributed by atoms with E-state index in [-0.39, 0.29) is 0 Å². The highest BCUT2D eigenvalue weighted by Crippen LogP contribution is 2.22. The van der Waals surface area contributed by atoms with Gasteiger partial charge in [-0.15, -0.1) is 0 Å². The molecule has 0 spiro atoms. The average Bonchev–Trinajstić information content (AvgIpc) is 2.28. The van der Waals surface area contributed by atoms with Crippen molar-refractivity contribution in [3.05, 3.63) is 0 Å². The van der Waals surface area contributed by atoms with Gasteiger partial charge in [-0.25, -0.2) is 4.79 Å². The van der Waals surface area contributed by atoms with Gasteiger partial charge in [-0.3, -0.25) is 0 Å². The Labute approximate surface area is 100 Å². The summed E-state index contributed by atoms with van der Waals surface area (Å²) < 4.78 is 8.89. The molecule has 10 heteroatoms. The Kier molecular flexibility index (Phi) is 4.58. The third-order valence-corrected chi connectivity index (χ3v) is 2.35. The van der Waals surface area contributed by atoms with Crippen LogP contribution in [0.3, 0.4) is 0 Å². The molecule has 1 rings (SSSR count). The third kappa shape index (κ3) is 3.13. The predicted octanol–water partition coefficient (Wildman–Crippen LogP) is -5.04. The van der Waals surface area contributed by atoms with Gasteiger partial charge >= 0.3 is 11.9 Å². The van der Waals surface area contributed by atoms with Crippen LogP contribution in [0.4, 0.5) is 0 Å². The Hall–Kier alpha value is -0.850. The standard InChI is InChI=1S/C8H14O10/c9-1-2-3(10)4(11)5(12)6(17-2)18-7(13)8(14,15)16/h2-6,9-12,14-16H,1H2/t2-,3-,4+,5-,6+/m1/s1. The molecule has 1 aliphatic rings. The Morgan fingerprint density at radius 3 is 2.11 bits per heavy atom. The first kappa shape index (κ1) is 15.2. The van der Waals surface area contributed by atoms with Gasteiger partial charge in [0, 0.05) is 0 Å². The van der Waals surface area contributed by atoms with Crippen LogP contribution >= 0.6 is 0 Å². The van der Waals surface area contributed by atoms with Crippen LogP contribution in [-0.4, -0.2) is 85.0 Å². The van der Waals surface area contributed by atoms with Gasteiger partial charge in [-0.05, 0) is 0 Å². The molecule has 0 bridgehead atoms. The summed E-state index contributed by atoms with van der Waals surface area (Å²) in [6, 6.07) is 0. The molecular formula is C8H14O10. The normalized spacial score (nSPS) is 37.4. The van der Waals surface area contributed by atoms with Crippen molar-refractivity contribution in [2.24, 2.45) is 0 Å². The summed E-state index contributed by atoms with van der Waals surface area (Å²) in [5.74, 6) is -5.74. The van der Waals surface area contributed by atoms with Crippen molar-refractivity contribution in [1.82, 2.24) is 0 Å². The van der Waals surface area contributed by atoms with E-state index in [0.717, 1.165) is 0 Å². The number of esters is 1. The van der Waals surface area contributed by atoms with Crippen LogP contribution in [0.2, 0.25) is 0 Å². The third-order valence-electron chi connectivity index (χ3n) is 2.35. The van der Waals surface area contributed by atoms with Crippen LogP contribution in [0.15, 0.2) is 0 Å². The Balaban J connectivity index is 2.74. The largest absolute Gasteiger partial charge is 0.427 e. The molecule has 0 aromatic heterocycles. The monoisotopic (exact) mass is 270 g/mol. The molecule has 0 saturated carbocycles. The SMILES string of the molecule is O=C(O[C@@H]1O[C@H](CO)[C@@H](O)[C@H](O)[C@H]1O)C(O)(O)O. The number of aliphatic hydroxyl groups excluding tert-OH is 4. The smallest absolute Gasteiger partial charge is 0.400 e. The minimum Gasteiger partial charge on any atom is -0.427 e. The van der Waals surface area contributed by atoms with E-state index >= 15 is 0 Å². The van der Waals surface area contributed by atoms with Gasteiger partial charge in [-0.2, -0.15) is 0 Å². The maximum absolute atomic E-state index is 10.9. The summed E-state index contributed by atoms with van der Waals surface area (Å²) >= 11 is 0. The van der Waals surface area contributed by atoms with Gasteiger partial charge in [0.15, 0.2) is 0 Å². The molecule has 10 nitrogen and oxygen atoms in total. The number of ether oxygens (including phenoxy) is 2. The molecule has 0 aliphatic carbocycles. The highest BCUT2D eigenvalue weighted by Gasteiger charge is 2.47. The zero-order valence-corrected chi connectivity index (χ0v) is 8.95. The number of carbonyl (C=O) groups excluding carboxylic acids is 1. The number of aliphatic hydroxyl groups is 7. The lowest BCUT2D eigenvalue weighted by molar-refractivity contribution is -0.334. The van der Waals surface area contributed by atoms with E-state index in [2.05, 4.69) is 4.74 Å². The molecule has 5 atom stereocenters. The summed E-state index contributed by atoms with van der Waals surface area (Å²) in [4.78, 5) is 10.9. The lowest BCUT2D eigenvalue weighted by atomic mass is 9.99. The van der Waals surface area contributed by atoms with E-state index in [0.29, 0.717) is 0 Å². The average molecular weight is 270 g/mol. The molecule has 0 radical (unpaired) electrons. The molecule has 1 heterocycles. The first-order valence-electron chi connectivity index (χ1n) is 4.87. The zero-order chi connectivity index (χ0) is 14.1. The van der Waals surface area contributed by atoms with Crippen molar-refractivity contribution in [1.29, 1.82) is 0 Å². The molecule has 1 aliphatic heterocycles. The van der Waals surface area contributed by atoms with E-state index in [1.54, 1.807) is 0 Å². The first-order valence-corrected chi connectivity index (χ1v) is 4.87. The molecule has 18 heavy (non-hydrogen) atoms. The molecule has 0 aromatic carbocycles. The van der Waals surface area contributed by atoms with Gasteiger partial charge in [0.05, 0.1) is 6.61 Å². The van der Waals surface area contributed by atoms with E-state index in [9.17, 15) is 20.1 Å². The molecule has 106 valence electrons. The molecule has 0 amide bonds. The fourth-order valence-electron chi connectivity index (χ4n) is 1.35. The van der Waals surface area contributed by atoms with Crippen molar-refractivity contribution in [3.8, 4) is 0 Å². The van der Waals surface area contributed by atoms with Gasteiger partial charge in [0.2, 0.25) is 6.29 Å². The van der Waals surface area contributed by atoms with Crippen LogP contribution in [0, 0.1) is 0 Å². The number of hydrogen-bond donors (Lipinski definition) is 7. The highest BCUT2D eigenvalue weighted by molar-refractivity contribution is 5.75. The minimum atomic E-state index is -3.79. The summed E-state index contributed by atoms with van der Waals surface area (Å²) in [6.45, 7) is -0.748. The van der Waals surface area contributed by atoms with Gasteiger partial charge in [0.25, 0.3) is 0 Å². The maximum atomic E-state index is 10.9. The summed E-state index contributed by atoms with van der Waals surface area (Å²) in [5, 5.41) is 62.4. The van der Waals surface area contributed by atoms with Crippen molar-refractivity contribution < 1.29 is 50.0 Å². The Morgan fingerprint density at radius 1 is 1.11 bits per heavy atom. The molecular weight excluding hydrogens is 256 g/mol. The second-order valence-corrected chi connectivity index (χ2v) is 3.74. The summed E-state index contributed by atoms with van der Waals surface area (Å²) in [5.41, 5.74) is 0. The fourth-order valence-corrected chi connectivity index (χ4v) is 1.35. The quantitative estimate of drug-likeness (QED) is 0.194. The molecule has 7 N–H and O–H groups in total. The molecule has 0 unspecified atom stereocenters. The second-order valence-electron chi connectivity index (χ2n) is 3.74. The lowest BCUT2D eigenvalue weighted by Gasteiger charge is -2.39. The van der Waals surface area contributed by atoms with Gasteiger partial charge < -0.3 is 45.2 Å². The Bertz CT molecular complexity index is 297. The van der Waals surface area contributed by atoms with E-state index in [1.165, 1.54) is 0 Å². The molecule has 1 saturated heterocycles. The van der Waals surface area contributed by atoms with Crippen molar-refractivity contribution in [2.75, 3.05) is 6.61 Å².